The van der Waals surface area contributed by atoms with E-state index < -0.39 is 0 Å². The normalized spacial score (nSPS) is 12.3. The summed E-state index contributed by atoms with van der Waals surface area (Å²) < 4.78 is 12.8. The first kappa shape index (κ1) is 16.8. The van der Waals surface area contributed by atoms with E-state index in [9.17, 15) is 4.79 Å². The second kappa shape index (κ2) is 6.93. The fourth-order valence-electron chi connectivity index (χ4n) is 2.72. The van der Waals surface area contributed by atoms with Crippen molar-refractivity contribution in [1.29, 1.82) is 0 Å². The highest BCUT2D eigenvalue weighted by Gasteiger charge is 2.18. The van der Waals surface area contributed by atoms with Crippen molar-refractivity contribution in [2.24, 2.45) is 0 Å². The van der Waals surface area contributed by atoms with Crippen molar-refractivity contribution in [3.8, 4) is 22.2 Å². The number of ether oxygens (including phenoxy) is 2. The lowest BCUT2D eigenvalue weighted by Crippen LogP contribution is -2.30. The molecule has 134 valence electrons. The first-order valence-electron chi connectivity index (χ1n) is 7.93. The van der Waals surface area contributed by atoms with Crippen LogP contribution in [0.3, 0.4) is 0 Å². The number of hydrogen-bond acceptors (Lipinski definition) is 6. The molecule has 9 heteroatoms. The zero-order valence-electron chi connectivity index (χ0n) is 14.0. The van der Waals surface area contributed by atoms with Crippen LogP contribution >= 0.6 is 23.6 Å². The number of aromatic nitrogens is 3. The van der Waals surface area contributed by atoms with E-state index >= 15 is 0 Å². The van der Waals surface area contributed by atoms with Gasteiger partial charge in [0.25, 0.3) is 0 Å². The lowest BCUT2D eigenvalue weighted by molar-refractivity contribution is -0.131. The number of nitrogens with one attached hydrogen (secondary N) is 1. The standard InChI is InChI=1S/C17H16N4O3S2/c1-20(8-11-4-5-12-13(7-11)24-10-23-12)15(22)9-21-16(18-19-17(21)25)14-3-2-6-26-14/h2-7H,8-10H2,1H3,(H,19,25). The number of H-pyrrole nitrogens is 1. The van der Waals surface area contributed by atoms with Crippen molar-refractivity contribution >= 4 is 29.5 Å². The van der Waals surface area contributed by atoms with Crippen molar-refractivity contribution in [3.63, 3.8) is 0 Å². The molecule has 1 amide bonds. The number of nitrogens with zero attached hydrogens (tertiary/aromatic N) is 3. The molecule has 7 nitrogen and oxygen atoms in total. The molecule has 1 aromatic carbocycles. The van der Waals surface area contributed by atoms with Gasteiger partial charge in [0.1, 0.15) is 6.54 Å². The molecule has 3 aromatic rings. The van der Waals surface area contributed by atoms with Crippen molar-refractivity contribution < 1.29 is 14.3 Å². The SMILES string of the molecule is CN(Cc1ccc2c(c1)OCO2)C(=O)Cn1c(-c2cccs2)n[nH]c1=S. The van der Waals surface area contributed by atoms with Crippen LogP contribution in [-0.2, 0) is 17.9 Å². The van der Waals surface area contributed by atoms with Gasteiger partial charge in [-0.25, -0.2) is 0 Å². The van der Waals surface area contributed by atoms with Crippen LogP contribution in [0.4, 0.5) is 0 Å². The summed E-state index contributed by atoms with van der Waals surface area (Å²) in [5, 5.41) is 8.98. The predicted molar refractivity (Wildman–Crippen MR) is 99.8 cm³/mol. The van der Waals surface area contributed by atoms with E-state index in [1.807, 2.05) is 35.7 Å². The maximum Gasteiger partial charge on any atom is 0.242 e. The first-order valence-corrected chi connectivity index (χ1v) is 9.22. The van der Waals surface area contributed by atoms with Crippen molar-refractivity contribution in [2.45, 2.75) is 13.1 Å². The average Bonchev–Trinajstić information content (AvgIpc) is 3.36. The number of likely N-dealkylation sites (N-methyl/N-ethyl adjacent to an activating group) is 1. The molecule has 0 saturated carbocycles. The number of amides is 1. The second-order valence-electron chi connectivity index (χ2n) is 5.85. The van der Waals surface area contributed by atoms with E-state index in [4.69, 9.17) is 21.7 Å². The van der Waals surface area contributed by atoms with Gasteiger partial charge in [-0.05, 0) is 41.4 Å². The molecule has 0 bridgehead atoms. The number of aromatic amines is 1. The maximum absolute atomic E-state index is 12.7. The number of hydrogen-bond donors (Lipinski definition) is 1. The van der Waals surface area contributed by atoms with Crippen LogP contribution in [0, 0.1) is 4.77 Å². The number of benzene rings is 1. The largest absolute Gasteiger partial charge is 0.454 e. The minimum Gasteiger partial charge on any atom is -0.454 e. The van der Waals surface area contributed by atoms with Gasteiger partial charge in [0.15, 0.2) is 22.1 Å². The summed E-state index contributed by atoms with van der Waals surface area (Å²) >= 11 is 6.84. The predicted octanol–water partition coefficient (Wildman–Crippen LogP) is 3.06. The Labute approximate surface area is 158 Å². The molecule has 26 heavy (non-hydrogen) atoms. The molecule has 3 heterocycles. The van der Waals surface area contributed by atoms with Gasteiger partial charge in [0, 0.05) is 13.6 Å². The molecule has 1 aliphatic heterocycles. The van der Waals surface area contributed by atoms with Crippen LogP contribution in [0.5, 0.6) is 11.5 Å². The Kier molecular flexibility index (Phi) is 4.48. The fourth-order valence-corrected chi connectivity index (χ4v) is 3.63. The number of thiophene rings is 1. The van der Waals surface area contributed by atoms with Gasteiger partial charge in [-0.1, -0.05) is 12.1 Å². The molecule has 0 unspecified atom stereocenters. The second-order valence-corrected chi connectivity index (χ2v) is 7.19. The molecule has 1 aliphatic rings. The summed E-state index contributed by atoms with van der Waals surface area (Å²) in [6, 6.07) is 9.57. The van der Waals surface area contributed by atoms with E-state index in [0.29, 0.717) is 22.9 Å². The van der Waals surface area contributed by atoms with Gasteiger partial charge in [0.2, 0.25) is 12.7 Å². The van der Waals surface area contributed by atoms with E-state index in [1.54, 1.807) is 27.9 Å². The number of carbonyl (C=O) groups is 1. The highest BCUT2D eigenvalue weighted by atomic mass is 32.1. The Hall–Kier alpha value is -2.65. The number of carbonyl (C=O) groups excluding carboxylic acids is 1. The summed E-state index contributed by atoms with van der Waals surface area (Å²) in [4.78, 5) is 15.3. The Balaban J connectivity index is 1.48. The van der Waals surface area contributed by atoms with Gasteiger partial charge >= 0.3 is 0 Å². The Bertz CT molecular complexity index is 994. The molecular formula is C17H16N4O3S2. The summed E-state index contributed by atoms with van der Waals surface area (Å²) in [6.45, 7) is 0.830. The van der Waals surface area contributed by atoms with Gasteiger partial charge in [0.05, 0.1) is 4.88 Å². The van der Waals surface area contributed by atoms with Crippen LogP contribution < -0.4 is 9.47 Å². The van der Waals surface area contributed by atoms with E-state index in [2.05, 4.69) is 10.2 Å². The smallest absolute Gasteiger partial charge is 0.242 e. The minimum atomic E-state index is -0.0574. The monoisotopic (exact) mass is 388 g/mol. The number of rotatable bonds is 5. The zero-order chi connectivity index (χ0) is 18.1. The molecule has 0 aliphatic carbocycles. The third-order valence-electron chi connectivity index (χ3n) is 4.08. The summed E-state index contributed by atoms with van der Waals surface area (Å²) in [5.41, 5.74) is 0.972. The summed E-state index contributed by atoms with van der Waals surface area (Å²) in [7, 11) is 1.77. The van der Waals surface area contributed by atoms with E-state index in [-0.39, 0.29) is 19.2 Å². The van der Waals surface area contributed by atoms with Gasteiger partial charge in [-0.3, -0.25) is 14.5 Å². The molecule has 0 saturated heterocycles. The molecule has 0 atom stereocenters. The van der Waals surface area contributed by atoms with Crippen LogP contribution in [0.15, 0.2) is 35.7 Å². The molecule has 1 N–H and O–H groups in total. The third kappa shape index (κ3) is 3.23. The van der Waals surface area contributed by atoms with Crippen LogP contribution in [0.1, 0.15) is 5.56 Å². The topological polar surface area (TPSA) is 72.4 Å². The molecule has 0 spiro atoms. The zero-order valence-corrected chi connectivity index (χ0v) is 15.6. The molecule has 2 aromatic heterocycles. The Morgan fingerprint density at radius 3 is 3.04 bits per heavy atom. The highest BCUT2D eigenvalue weighted by Crippen LogP contribution is 2.32. The molecule has 4 rings (SSSR count). The maximum atomic E-state index is 12.7. The summed E-state index contributed by atoms with van der Waals surface area (Å²) in [5.74, 6) is 2.06. The van der Waals surface area contributed by atoms with Crippen molar-refractivity contribution in [1.82, 2.24) is 19.7 Å². The van der Waals surface area contributed by atoms with Crippen LogP contribution in [0.25, 0.3) is 10.7 Å². The molecule has 0 radical (unpaired) electrons. The van der Waals surface area contributed by atoms with E-state index in [1.165, 1.54) is 0 Å². The van der Waals surface area contributed by atoms with Gasteiger partial charge in [-0.15, -0.1) is 11.3 Å². The summed E-state index contributed by atoms with van der Waals surface area (Å²) in [6.07, 6.45) is 0. The van der Waals surface area contributed by atoms with E-state index in [0.717, 1.165) is 16.2 Å². The van der Waals surface area contributed by atoms with Crippen molar-refractivity contribution in [3.05, 3.63) is 46.0 Å². The van der Waals surface area contributed by atoms with Gasteiger partial charge < -0.3 is 14.4 Å². The number of fused-ring (bicyclic) bond motifs is 1. The van der Waals surface area contributed by atoms with Crippen molar-refractivity contribution in [2.75, 3.05) is 13.8 Å². The highest BCUT2D eigenvalue weighted by molar-refractivity contribution is 7.71. The lowest BCUT2D eigenvalue weighted by atomic mass is 10.2. The van der Waals surface area contributed by atoms with Gasteiger partial charge in [-0.2, -0.15) is 5.10 Å². The fraction of sp³-hybridized carbons (Fsp3) is 0.235. The first-order chi connectivity index (χ1) is 12.6. The molecule has 0 fully saturated rings. The minimum absolute atomic E-state index is 0.0574. The Morgan fingerprint density at radius 1 is 1.38 bits per heavy atom. The quantitative estimate of drug-likeness (QED) is 0.680. The molecular weight excluding hydrogens is 372 g/mol. The average molecular weight is 388 g/mol. The van der Waals surface area contributed by atoms with Crippen LogP contribution in [-0.4, -0.2) is 39.4 Å². The third-order valence-corrected chi connectivity index (χ3v) is 5.25. The Morgan fingerprint density at radius 2 is 2.23 bits per heavy atom. The van der Waals surface area contributed by atoms with Crippen LogP contribution in [0.2, 0.25) is 0 Å². The lowest BCUT2D eigenvalue weighted by Gasteiger charge is -2.18.